The molecule has 1 aliphatic carbocycles. The van der Waals surface area contributed by atoms with Crippen LogP contribution in [0.4, 0.5) is 0 Å². The Kier molecular flexibility index (Phi) is 2.52. The van der Waals surface area contributed by atoms with Crippen LogP contribution < -0.4 is 0 Å². The van der Waals surface area contributed by atoms with Gasteiger partial charge in [-0.15, -0.1) is 0 Å². The van der Waals surface area contributed by atoms with E-state index >= 15 is 0 Å². The molecule has 2 heterocycles. The molecular weight excluding hydrogens is 186 g/mol. The summed E-state index contributed by atoms with van der Waals surface area (Å²) < 4.78 is 5.68. The molecule has 2 saturated heterocycles. The maximum absolute atomic E-state index is 5.68. The van der Waals surface area contributed by atoms with Gasteiger partial charge in [-0.1, -0.05) is 13.8 Å². The van der Waals surface area contributed by atoms with Gasteiger partial charge in [-0.25, -0.2) is 0 Å². The molecule has 1 saturated carbocycles. The molecule has 4 atom stereocenters. The molecule has 86 valence electrons. The van der Waals surface area contributed by atoms with Crippen LogP contribution in [-0.2, 0) is 4.74 Å². The minimum absolute atomic E-state index is 0.763. The number of hydrogen-bond donors (Lipinski definition) is 0. The third-order valence-corrected chi connectivity index (χ3v) is 4.96. The summed E-state index contributed by atoms with van der Waals surface area (Å²) in [7, 11) is 0. The Balaban J connectivity index is 1.79. The highest BCUT2D eigenvalue weighted by molar-refractivity contribution is 5.01. The average molecular weight is 209 g/mol. The van der Waals surface area contributed by atoms with Crippen LogP contribution >= 0.6 is 0 Å². The van der Waals surface area contributed by atoms with E-state index in [9.17, 15) is 0 Å². The van der Waals surface area contributed by atoms with E-state index in [2.05, 4.69) is 18.7 Å². The van der Waals surface area contributed by atoms with E-state index in [4.69, 9.17) is 4.74 Å². The molecule has 2 nitrogen and oxygen atoms in total. The van der Waals surface area contributed by atoms with Crippen molar-refractivity contribution in [2.45, 2.75) is 32.7 Å². The lowest BCUT2D eigenvalue weighted by Gasteiger charge is -2.35. The molecule has 0 aromatic heterocycles. The fraction of sp³-hybridized carbons (Fsp3) is 1.00. The van der Waals surface area contributed by atoms with Gasteiger partial charge in [-0.2, -0.15) is 0 Å². The Morgan fingerprint density at radius 1 is 1.27 bits per heavy atom. The van der Waals surface area contributed by atoms with Gasteiger partial charge in [-0.3, -0.25) is 4.90 Å². The highest BCUT2D eigenvalue weighted by Gasteiger charge is 2.50. The number of rotatable bonds is 1. The maximum atomic E-state index is 5.68. The van der Waals surface area contributed by atoms with Crippen molar-refractivity contribution in [1.29, 1.82) is 0 Å². The molecule has 0 aromatic rings. The molecule has 0 N–H and O–H groups in total. The van der Waals surface area contributed by atoms with E-state index in [0.717, 1.165) is 42.9 Å². The molecule has 3 rings (SSSR count). The Bertz CT molecular complexity index is 241. The minimum atomic E-state index is 0.763. The van der Waals surface area contributed by atoms with Gasteiger partial charge < -0.3 is 4.74 Å². The minimum Gasteiger partial charge on any atom is -0.378 e. The van der Waals surface area contributed by atoms with E-state index in [1.54, 1.807) is 0 Å². The molecule has 4 unspecified atom stereocenters. The predicted octanol–water partition coefficient (Wildman–Crippen LogP) is 2.00. The first-order chi connectivity index (χ1) is 7.27. The van der Waals surface area contributed by atoms with Gasteiger partial charge in [0.15, 0.2) is 0 Å². The zero-order valence-corrected chi connectivity index (χ0v) is 9.98. The zero-order chi connectivity index (χ0) is 10.4. The summed E-state index contributed by atoms with van der Waals surface area (Å²) >= 11 is 0. The first kappa shape index (κ1) is 10.1. The largest absolute Gasteiger partial charge is 0.378 e. The van der Waals surface area contributed by atoms with Crippen LogP contribution in [0, 0.1) is 23.7 Å². The molecule has 0 amide bonds. The second kappa shape index (κ2) is 3.74. The fourth-order valence-corrected chi connectivity index (χ4v) is 4.27. The summed E-state index contributed by atoms with van der Waals surface area (Å²) in [6, 6.07) is 0.763. The Morgan fingerprint density at radius 2 is 2.13 bits per heavy atom. The van der Waals surface area contributed by atoms with Crippen molar-refractivity contribution in [2.75, 3.05) is 26.3 Å². The number of hydrogen-bond acceptors (Lipinski definition) is 2. The van der Waals surface area contributed by atoms with Gasteiger partial charge in [-0.05, 0) is 36.5 Å². The van der Waals surface area contributed by atoms with Crippen LogP contribution in [-0.4, -0.2) is 37.2 Å². The van der Waals surface area contributed by atoms with Gasteiger partial charge >= 0.3 is 0 Å². The quantitative estimate of drug-likeness (QED) is 0.655. The van der Waals surface area contributed by atoms with Crippen molar-refractivity contribution < 1.29 is 4.74 Å². The summed E-state index contributed by atoms with van der Waals surface area (Å²) in [4.78, 5) is 2.70. The number of fused-ring (bicyclic) bond motifs is 3. The van der Waals surface area contributed by atoms with Crippen molar-refractivity contribution >= 4 is 0 Å². The second-order valence-electron chi connectivity index (χ2n) is 5.96. The smallest absolute Gasteiger partial charge is 0.0625 e. The Hall–Kier alpha value is -0.0800. The van der Waals surface area contributed by atoms with Crippen LogP contribution in [0.15, 0.2) is 0 Å². The summed E-state index contributed by atoms with van der Waals surface area (Å²) in [5.74, 6) is 3.77. The molecule has 15 heavy (non-hydrogen) atoms. The van der Waals surface area contributed by atoms with Gasteiger partial charge in [0.2, 0.25) is 0 Å². The fourth-order valence-electron chi connectivity index (χ4n) is 4.27. The molecule has 0 bridgehead atoms. The molecule has 3 fully saturated rings. The molecule has 2 aliphatic heterocycles. The maximum Gasteiger partial charge on any atom is 0.0625 e. The monoisotopic (exact) mass is 209 g/mol. The zero-order valence-electron chi connectivity index (χ0n) is 9.98. The SMILES string of the molecule is CC(C)C1CCC2CN3CCOCC3C21. The molecule has 0 spiro atoms. The van der Waals surface area contributed by atoms with E-state index in [-0.39, 0.29) is 0 Å². The van der Waals surface area contributed by atoms with E-state index < -0.39 is 0 Å². The normalized spacial score (nSPS) is 45.8. The van der Waals surface area contributed by atoms with Gasteiger partial charge in [0.05, 0.1) is 13.2 Å². The number of morpholine rings is 1. The van der Waals surface area contributed by atoms with Crippen LogP contribution in [0.3, 0.4) is 0 Å². The molecule has 0 aromatic carbocycles. The van der Waals surface area contributed by atoms with Crippen LogP contribution in [0.1, 0.15) is 26.7 Å². The van der Waals surface area contributed by atoms with E-state index in [1.165, 1.54) is 25.9 Å². The Morgan fingerprint density at radius 3 is 2.93 bits per heavy atom. The predicted molar refractivity (Wildman–Crippen MR) is 60.7 cm³/mol. The van der Waals surface area contributed by atoms with Gasteiger partial charge in [0, 0.05) is 19.1 Å². The standard InChI is InChI=1S/C13H23NO/c1-9(2)11-4-3-10-7-14-5-6-15-8-12(14)13(10)11/h9-13H,3-8H2,1-2H3. The Labute approximate surface area is 93.0 Å². The third kappa shape index (κ3) is 1.53. The van der Waals surface area contributed by atoms with E-state index in [0.29, 0.717) is 0 Å². The second-order valence-corrected chi connectivity index (χ2v) is 5.96. The first-order valence-electron chi connectivity index (χ1n) is 6.59. The lowest BCUT2D eigenvalue weighted by atomic mass is 9.80. The van der Waals surface area contributed by atoms with E-state index in [1.807, 2.05) is 0 Å². The third-order valence-electron chi connectivity index (χ3n) is 4.96. The lowest BCUT2D eigenvalue weighted by Crippen LogP contribution is -2.45. The molecule has 0 radical (unpaired) electrons. The van der Waals surface area contributed by atoms with Gasteiger partial charge in [0.1, 0.15) is 0 Å². The first-order valence-corrected chi connectivity index (χ1v) is 6.59. The highest BCUT2D eigenvalue weighted by atomic mass is 16.5. The molecule has 2 heteroatoms. The van der Waals surface area contributed by atoms with Crippen molar-refractivity contribution in [2.24, 2.45) is 23.7 Å². The number of nitrogens with zero attached hydrogens (tertiary/aromatic N) is 1. The topological polar surface area (TPSA) is 12.5 Å². The van der Waals surface area contributed by atoms with Crippen molar-refractivity contribution in [3.05, 3.63) is 0 Å². The van der Waals surface area contributed by atoms with Crippen LogP contribution in [0.25, 0.3) is 0 Å². The summed E-state index contributed by atoms with van der Waals surface area (Å²) in [6.45, 7) is 9.32. The lowest BCUT2D eigenvalue weighted by molar-refractivity contribution is -0.00918. The highest BCUT2D eigenvalue weighted by Crippen LogP contribution is 2.49. The van der Waals surface area contributed by atoms with Gasteiger partial charge in [0.25, 0.3) is 0 Å². The molecular formula is C13H23NO. The number of ether oxygens (including phenoxy) is 1. The summed E-state index contributed by atoms with van der Waals surface area (Å²) in [5.41, 5.74) is 0. The average Bonchev–Trinajstić information content (AvgIpc) is 2.74. The molecule has 3 aliphatic rings. The van der Waals surface area contributed by atoms with Crippen molar-refractivity contribution in [1.82, 2.24) is 4.90 Å². The summed E-state index contributed by atoms with van der Waals surface area (Å²) in [5, 5.41) is 0. The summed E-state index contributed by atoms with van der Waals surface area (Å²) in [6.07, 6.45) is 2.94. The van der Waals surface area contributed by atoms with Crippen LogP contribution in [0.2, 0.25) is 0 Å². The van der Waals surface area contributed by atoms with Crippen molar-refractivity contribution in [3.63, 3.8) is 0 Å². The van der Waals surface area contributed by atoms with Crippen LogP contribution in [0.5, 0.6) is 0 Å². The van der Waals surface area contributed by atoms with Crippen molar-refractivity contribution in [3.8, 4) is 0 Å².